The van der Waals surface area contributed by atoms with Gasteiger partial charge in [-0.3, -0.25) is 9.59 Å². The van der Waals surface area contributed by atoms with Crippen molar-refractivity contribution >= 4 is 34.0 Å². The zero-order chi connectivity index (χ0) is 16.4. The summed E-state index contributed by atoms with van der Waals surface area (Å²) in [5.74, 6) is -0.337. The summed E-state index contributed by atoms with van der Waals surface area (Å²) in [5.41, 5.74) is 0.997. The molecule has 116 valence electrons. The summed E-state index contributed by atoms with van der Waals surface area (Å²) in [4.78, 5) is 24.6. The molecule has 1 N–H and O–H groups in total. The molecule has 0 bridgehead atoms. The van der Waals surface area contributed by atoms with E-state index in [-0.39, 0.29) is 18.0 Å². The maximum atomic E-state index is 12.4. The Bertz CT molecular complexity index is 950. The Morgan fingerprint density at radius 2 is 1.91 bits per heavy atom. The summed E-state index contributed by atoms with van der Waals surface area (Å²) in [7, 11) is 0. The van der Waals surface area contributed by atoms with E-state index in [4.69, 9.17) is 11.6 Å². The molecule has 1 aromatic heterocycles. The summed E-state index contributed by atoms with van der Waals surface area (Å²) >= 11 is 5.88. The van der Waals surface area contributed by atoms with Gasteiger partial charge in [0.05, 0.1) is 11.1 Å². The van der Waals surface area contributed by atoms with Crippen molar-refractivity contribution in [2.75, 3.05) is 5.32 Å². The molecule has 5 nitrogen and oxygen atoms in total. The van der Waals surface area contributed by atoms with Crippen LogP contribution in [0.25, 0.3) is 10.8 Å². The van der Waals surface area contributed by atoms with Crippen molar-refractivity contribution in [1.29, 1.82) is 0 Å². The van der Waals surface area contributed by atoms with Gasteiger partial charge in [-0.25, -0.2) is 4.68 Å². The molecule has 0 aliphatic heterocycles. The predicted octanol–water partition coefficient (Wildman–Crippen LogP) is 3.00. The molecule has 3 rings (SSSR count). The Morgan fingerprint density at radius 3 is 2.65 bits per heavy atom. The van der Waals surface area contributed by atoms with E-state index in [1.165, 1.54) is 4.68 Å². The largest absolute Gasteiger partial charge is 0.324 e. The number of fused-ring (bicyclic) bond motifs is 1. The maximum Gasteiger partial charge on any atom is 0.275 e. The van der Waals surface area contributed by atoms with Crippen molar-refractivity contribution in [3.05, 3.63) is 69.6 Å². The van der Waals surface area contributed by atoms with Gasteiger partial charge in [0.2, 0.25) is 5.91 Å². The SMILES string of the molecule is Cc1nn(CC(=O)Nc2cccc(Cl)c2)c(=O)c2ccccc12. The molecular weight excluding hydrogens is 314 g/mol. The number of aromatic nitrogens is 2. The Hall–Kier alpha value is -2.66. The summed E-state index contributed by atoms with van der Waals surface area (Å²) in [6.45, 7) is 1.66. The highest BCUT2D eigenvalue weighted by molar-refractivity contribution is 6.30. The van der Waals surface area contributed by atoms with E-state index in [0.717, 1.165) is 5.39 Å². The quantitative estimate of drug-likeness (QED) is 0.804. The molecule has 3 aromatic rings. The van der Waals surface area contributed by atoms with Crippen molar-refractivity contribution in [2.24, 2.45) is 0 Å². The normalized spacial score (nSPS) is 10.7. The molecular formula is C17H14ClN3O2. The first-order chi connectivity index (χ1) is 11.0. The number of benzene rings is 2. The topological polar surface area (TPSA) is 64.0 Å². The summed E-state index contributed by atoms with van der Waals surface area (Å²) in [6.07, 6.45) is 0. The highest BCUT2D eigenvalue weighted by atomic mass is 35.5. The summed E-state index contributed by atoms with van der Waals surface area (Å²) < 4.78 is 1.18. The second-order valence-corrected chi connectivity index (χ2v) is 5.59. The second-order valence-electron chi connectivity index (χ2n) is 5.15. The first kappa shape index (κ1) is 15.2. The van der Waals surface area contributed by atoms with E-state index in [1.54, 1.807) is 36.4 Å². The molecule has 0 saturated heterocycles. The molecule has 0 saturated carbocycles. The monoisotopic (exact) mass is 327 g/mol. The van der Waals surface area contributed by atoms with Crippen LogP contribution in [0.5, 0.6) is 0 Å². The zero-order valence-electron chi connectivity index (χ0n) is 12.4. The number of carbonyl (C=O) groups is 1. The lowest BCUT2D eigenvalue weighted by Crippen LogP contribution is -2.30. The number of aryl methyl sites for hydroxylation is 1. The van der Waals surface area contributed by atoms with Crippen LogP contribution in [0.1, 0.15) is 5.69 Å². The molecule has 23 heavy (non-hydrogen) atoms. The van der Waals surface area contributed by atoms with Gasteiger partial charge < -0.3 is 5.32 Å². The van der Waals surface area contributed by atoms with Crippen molar-refractivity contribution in [1.82, 2.24) is 9.78 Å². The van der Waals surface area contributed by atoms with Gasteiger partial charge in [0.25, 0.3) is 5.56 Å². The number of halogens is 1. The molecule has 6 heteroatoms. The van der Waals surface area contributed by atoms with Crippen LogP contribution in [-0.2, 0) is 11.3 Å². The summed E-state index contributed by atoms with van der Waals surface area (Å²) in [5, 5.41) is 8.79. The first-order valence-corrected chi connectivity index (χ1v) is 7.44. The molecule has 0 aliphatic carbocycles. The fourth-order valence-corrected chi connectivity index (χ4v) is 2.60. The lowest BCUT2D eigenvalue weighted by Gasteiger charge is -2.09. The molecule has 1 heterocycles. The van der Waals surface area contributed by atoms with Crippen LogP contribution >= 0.6 is 11.6 Å². The van der Waals surface area contributed by atoms with Crippen molar-refractivity contribution < 1.29 is 4.79 Å². The van der Waals surface area contributed by atoms with Crippen LogP contribution in [0.3, 0.4) is 0 Å². The van der Waals surface area contributed by atoms with Gasteiger partial charge in [0.1, 0.15) is 6.54 Å². The van der Waals surface area contributed by atoms with Crippen molar-refractivity contribution in [2.45, 2.75) is 13.5 Å². The molecule has 0 atom stereocenters. The predicted molar refractivity (Wildman–Crippen MR) is 90.8 cm³/mol. The fourth-order valence-electron chi connectivity index (χ4n) is 2.41. The lowest BCUT2D eigenvalue weighted by molar-refractivity contribution is -0.117. The van der Waals surface area contributed by atoms with Gasteiger partial charge in [-0.2, -0.15) is 5.10 Å². The van der Waals surface area contributed by atoms with E-state index < -0.39 is 0 Å². The van der Waals surface area contributed by atoms with Crippen LogP contribution in [-0.4, -0.2) is 15.7 Å². The fraction of sp³-hybridized carbons (Fsp3) is 0.118. The van der Waals surface area contributed by atoms with Gasteiger partial charge in [-0.05, 0) is 31.2 Å². The number of rotatable bonds is 3. The number of amides is 1. The molecule has 0 aliphatic rings. The van der Waals surface area contributed by atoms with Crippen LogP contribution in [0.4, 0.5) is 5.69 Å². The average molecular weight is 328 g/mol. The number of nitrogens with zero attached hydrogens (tertiary/aromatic N) is 2. The Labute approximate surface area is 137 Å². The minimum Gasteiger partial charge on any atom is -0.324 e. The number of hydrogen-bond donors (Lipinski definition) is 1. The van der Waals surface area contributed by atoms with Crippen molar-refractivity contribution in [3.63, 3.8) is 0 Å². The van der Waals surface area contributed by atoms with Crippen LogP contribution < -0.4 is 10.9 Å². The zero-order valence-corrected chi connectivity index (χ0v) is 13.2. The number of hydrogen-bond acceptors (Lipinski definition) is 3. The second kappa shape index (κ2) is 6.22. The average Bonchev–Trinajstić information content (AvgIpc) is 2.52. The molecule has 0 unspecified atom stereocenters. The number of carbonyl (C=O) groups excluding carboxylic acids is 1. The molecule has 0 radical (unpaired) electrons. The van der Waals surface area contributed by atoms with Gasteiger partial charge in [0, 0.05) is 16.1 Å². The minimum atomic E-state index is -0.337. The van der Waals surface area contributed by atoms with Crippen LogP contribution in [0.15, 0.2) is 53.3 Å². The Kier molecular flexibility index (Phi) is 4.12. The van der Waals surface area contributed by atoms with Crippen molar-refractivity contribution in [3.8, 4) is 0 Å². The highest BCUT2D eigenvalue weighted by Gasteiger charge is 2.11. The third-order valence-electron chi connectivity index (χ3n) is 3.45. The Balaban J connectivity index is 1.88. The molecule has 0 fully saturated rings. The Morgan fingerprint density at radius 1 is 1.17 bits per heavy atom. The third kappa shape index (κ3) is 3.24. The maximum absolute atomic E-state index is 12.4. The van der Waals surface area contributed by atoms with E-state index in [9.17, 15) is 9.59 Å². The van der Waals surface area contributed by atoms with E-state index >= 15 is 0 Å². The molecule has 2 aromatic carbocycles. The van der Waals surface area contributed by atoms with Gasteiger partial charge in [-0.1, -0.05) is 35.9 Å². The third-order valence-corrected chi connectivity index (χ3v) is 3.69. The van der Waals surface area contributed by atoms with E-state index in [1.807, 2.05) is 19.1 Å². The number of nitrogens with one attached hydrogen (secondary N) is 1. The van der Waals surface area contributed by atoms with Gasteiger partial charge in [-0.15, -0.1) is 0 Å². The van der Waals surface area contributed by atoms with Gasteiger partial charge >= 0.3 is 0 Å². The molecule has 0 spiro atoms. The van der Waals surface area contributed by atoms with Crippen LogP contribution in [0, 0.1) is 6.92 Å². The van der Waals surface area contributed by atoms with E-state index in [0.29, 0.717) is 21.8 Å². The van der Waals surface area contributed by atoms with Crippen LogP contribution in [0.2, 0.25) is 5.02 Å². The number of anilines is 1. The first-order valence-electron chi connectivity index (χ1n) is 7.06. The van der Waals surface area contributed by atoms with E-state index in [2.05, 4.69) is 10.4 Å². The smallest absolute Gasteiger partial charge is 0.275 e. The summed E-state index contributed by atoms with van der Waals surface area (Å²) in [6, 6.07) is 14.0. The minimum absolute atomic E-state index is 0.156. The highest BCUT2D eigenvalue weighted by Crippen LogP contribution is 2.15. The lowest BCUT2D eigenvalue weighted by atomic mass is 10.1. The standard InChI is InChI=1S/C17H14ClN3O2/c1-11-14-7-2-3-8-15(14)17(23)21(20-11)10-16(22)19-13-6-4-5-12(18)9-13/h2-9H,10H2,1H3,(H,19,22). The molecule has 1 amide bonds. The van der Waals surface area contributed by atoms with Gasteiger partial charge in [0.15, 0.2) is 0 Å².